The lowest BCUT2D eigenvalue weighted by atomic mass is 9.74. The Morgan fingerprint density at radius 3 is 2.29 bits per heavy atom. The Labute approximate surface area is 122 Å². The first-order chi connectivity index (χ1) is 9.76. The summed E-state index contributed by atoms with van der Waals surface area (Å²) in [5.74, 6) is -2.78. The number of carboxylic acids is 1. The minimum absolute atomic E-state index is 0.194. The summed E-state index contributed by atoms with van der Waals surface area (Å²) in [7, 11) is 0. The Bertz CT molecular complexity index is 640. The van der Waals surface area contributed by atoms with Crippen LogP contribution in [0.3, 0.4) is 0 Å². The molecule has 0 unspecified atom stereocenters. The molecule has 1 aromatic rings. The Hall–Kier alpha value is -2.43. The standard InChI is InChI=1S/C16H16O5/c1-9-16(2,3)12(14(18)19)11(15(20)21-9)13(17)10-7-5-4-6-8-10/h4-9H,1-3H3,(H,18,19)/t9-/m1/s1. The van der Waals surface area contributed by atoms with Crippen LogP contribution in [0.5, 0.6) is 0 Å². The quantitative estimate of drug-likeness (QED) is 0.524. The van der Waals surface area contributed by atoms with Gasteiger partial charge >= 0.3 is 11.9 Å². The number of carboxylic acid groups (broad SMARTS) is 1. The molecule has 1 N–H and O–H groups in total. The van der Waals surface area contributed by atoms with Crippen molar-refractivity contribution in [2.75, 3.05) is 0 Å². The van der Waals surface area contributed by atoms with E-state index in [-0.39, 0.29) is 11.1 Å². The van der Waals surface area contributed by atoms with Crippen molar-refractivity contribution in [1.82, 2.24) is 0 Å². The summed E-state index contributed by atoms with van der Waals surface area (Å²) in [4.78, 5) is 36.1. The summed E-state index contributed by atoms with van der Waals surface area (Å²) in [5.41, 5.74) is -1.27. The van der Waals surface area contributed by atoms with Gasteiger partial charge < -0.3 is 9.84 Å². The van der Waals surface area contributed by atoms with E-state index in [1.165, 1.54) is 12.1 Å². The zero-order valence-corrected chi connectivity index (χ0v) is 12.0. The number of ketones is 1. The fourth-order valence-corrected chi connectivity index (χ4v) is 2.32. The molecule has 0 aliphatic carbocycles. The van der Waals surface area contributed by atoms with Crippen LogP contribution < -0.4 is 0 Å². The predicted molar refractivity (Wildman–Crippen MR) is 74.8 cm³/mol. The number of benzene rings is 1. The summed E-state index contributed by atoms with van der Waals surface area (Å²) in [6.07, 6.45) is -0.622. The van der Waals surface area contributed by atoms with Crippen LogP contribution in [0.25, 0.3) is 0 Å². The first-order valence-corrected chi connectivity index (χ1v) is 6.55. The van der Waals surface area contributed by atoms with E-state index in [1.807, 2.05) is 0 Å². The first-order valence-electron chi connectivity index (χ1n) is 6.55. The monoisotopic (exact) mass is 288 g/mol. The van der Waals surface area contributed by atoms with Crippen molar-refractivity contribution in [3.05, 3.63) is 47.0 Å². The maximum absolute atomic E-state index is 12.5. The highest BCUT2D eigenvalue weighted by atomic mass is 16.5. The molecule has 5 heteroatoms. The number of rotatable bonds is 3. The van der Waals surface area contributed by atoms with Crippen LogP contribution in [0.2, 0.25) is 0 Å². The largest absolute Gasteiger partial charge is 0.478 e. The van der Waals surface area contributed by atoms with Gasteiger partial charge in [-0.15, -0.1) is 0 Å². The molecule has 0 amide bonds. The smallest absolute Gasteiger partial charge is 0.343 e. The van der Waals surface area contributed by atoms with Crippen molar-refractivity contribution in [3.8, 4) is 0 Å². The van der Waals surface area contributed by atoms with Crippen LogP contribution in [0.4, 0.5) is 0 Å². The molecule has 1 aliphatic heterocycles. The normalized spacial score (nSPS) is 20.9. The van der Waals surface area contributed by atoms with Gasteiger partial charge in [0.2, 0.25) is 5.78 Å². The summed E-state index contributed by atoms with van der Waals surface area (Å²) >= 11 is 0. The second kappa shape index (κ2) is 5.16. The Morgan fingerprint density at radius 1 is 1.19 bits per heavy atom. The van der Waals surface area contributed by atoms with E-state index < -0.39 is 34.8 Å². The average molecular weight is 288 g/mol. The Kier molecular flexibility index (Phi) is 3.68. The van der Waals surface area contributed by atoms with Crippen molar-refractivity contribution in [1.29, 1.82) is 0 Å². The van der Waals surface area contributed by atoms with Gasteiger partial charge in [-0.25, -0.2) is 9.59 Å². The summed E-state index contributed by atoms with van der Waals surface area (Å²) in [5, 5.41) is 9.46. The van der Waals surface area contributed by atoms with Crippen molar-refractivity contribution >= 4 is 17.7 Å². The molecule has 0 saturated carbocycles. The van der Waals surface area contributed by atoms with Gasteiger partial charge in [0, 0.05) is 11.0 Å². The van der Waals surface area contributed by atoms with Gasteiger partial charge in [0.1, 0.15) is 11.7 Å². The van der Waals surface area contributed by atoms with E-state index in [1.54, 1.807) is 39.0 Å². The molecule has 0 fully saturated rings. The van der Waals surface area contributed by atoms with E-state index in [9.17, 15) is 19.5 Å². The van der Waals surface area contributed by atoms with Crippen molar-refractivity contribution < 1.29 is 24.2 Å². The molecule has 0 saturated heterocycles. The summed E-state index contributed by atoms with van der Waals surface area (Å²) < 4.78 is 5.16. The number of Topliss-reactive ketones (excluding diaryl/α,β-unsaturated/α-hetero) is 1. The predicted octanol–water partition coefficient (Wildman–Crippen LogP) is 2.22. The highest BCUT2D eigenvalue weighted by Gasteiger charge is 2.47. The van der Waals surface area contributed by atoms with Gasteiger partial charge in [-0.05, 0) is 6.92 Å². The van der Waals surface area contributed by atoms with Crippen molar-refractivity contribution in [3.63, 3.8) is 0 Å². The molecular weight excluding hydrogens is 272 g/mol. The minimum atomic E-state index is -1.28. The molecule has 1 atom stereocenters. The van der Waals surface area contributed by atoms with Crippen LogP contribution in [-0.2, 0) is 14.3 Å². The summed E-state index contributed by atoms with van der Waals surface area (Å²) in [6.45, 7) is 4.91. The van der Waals surface area contributed by atoms with Gasteiger partial charge in [-0.1, -0.05) is 44.2 Å². The first kappa shape index (κ1) is 15.0. The van der Waals surface area contributed by atoms with Crippen molar-refractivity contribution in [2.24, 2.45) is 5.41 Å². The third kappa shape index (κ3) is 2.46. The fraction of sp³-hybridized carbons (Fsp3) is 0.312. The highest BCUT2D eigenvalue weighted by Crippen LogP contribution is 2.39. The molecule has 0 aromatic heterocycles. The van der Waals surface area contributed by atoms with Crippen LogP contribution in [0, 0.1) is 5.41 Å². The number of esters is 1. The maximum atomic E-state index is 12.5. The second-order valence-electron chi connectivity index (χ2n) is 5.52. The second-order valence-corrected chi connectivity index (χ2v) is 5.52. The highest BCUT2D eigenvalue weighted by molar-refractivity contribution is 6.28. The zero-order chi connectivity index (χ0) is 15.8. The molecule has 1 aliphatic rings. The number of carbonyl (C=O) groups is 3. The minimum Gasteiger partial charge on any atom is -0.478 e. The molecule has 5 nitrogen and oxygen atoms in total. The van der Waals surface area contributed by atoms with Gasteiger partial charge in [-0.3, -0.25) is 4.79 Å². The van der Waals surface area contributed by atoms with Crippen LogP contribution in [0.15, 0.2) is 41.5 Å². The van der Waals surface area contributed by atoms with Crippen LogP contribution >= 0.6 is 0 Å². The topological polar surface area (TPSA) is 80.7 Å². The fourth-order valence-electron chi connectivity index (χ4n) is 2.32. The van der Waals surface area contributed by atoms with E-state index in [2.05, 4.69) is 0 Å². The van der Waals surface area contributed by atoms with Gasteiger partial charge in [-0.2, -0.15) is 0 Å². The molecule has 1 heterocycles. The molecule has 21 heavy (non-hydrogen) atoms. The molecule has 2 rings (SSSR count). The maximum Gasteiger partial charge on any atom is 0.343 e. The third-order valence-corrected chi connectivity index (χ3v) is 3.88. The zero-order valence-electron chi connectivity index (χ0n) is 12.0. The molecule has 0 spiro atoms. The number of hydrogen-bond donors (Lipinski definition) is 1. The lowest BCUT2D eigenvalue weighted by molar-refractivity contribution is -0.153. The number of cyclic esters (lactones) is 1. The van der Waals surface area contributed by atoms with Crippen molar-refractivity contribution in [2.45, 2.75) is 26.9 Å². The molecular formula is C16H16O5. The van der Waals surface area contributed by atoms with E-state index >= 15 is 0 Å². The molecule has 110 valence electrons. The number of ether oxygens (including phenoxy) is 1. The van der Waals surface area contributed by atoms with Gasteiger partial charge in [0.15, 0.2) is 0 Å². The van der Waals surface area contributed by atoms with E-state index in [0.717, 1.165) is 0 Å². The number of hydrogen-bond acceptors (Lipinski definition) is 4. The molecule has 0 bridgehead atoms. The third-order valence-electron chi connectivity index (χ3n) is 3.88. The van der Waals surface area contributed by atoms with E-state index in [0.29, 0.717) is 0 Å². The lowest BCUT2D eigenvalue weighted by Gasteiger charge is -2.37. The number of carbonyl (C=O) groups excluding carboxylic acids is 2. The lowest BCUT2D eigenvalue weighted by Crippen LogP contribution is -2.43. The number of aliphatic carboxylic acids is 1. The SMILES string of the molecule is C[C@H]1OC(=O)C(C(=O)c2ccccc2)=C(C(=O)O)C1(C)C. The Morgan fingerprint density at radius 2 is 1.76 bits per heavy atom. The van der Waals surface area contributed by atoms with Gasteiger partial charge in [0.25, 0.3) is 0 Å². The molecule has 0 radical (unpaired) electrons. The molecule has 1 aromatic carbocycles. The van der Waals surface area contributed by atoms with Crippen LogP contribution in [0.1, 0.15) is 31.1 Å². The van der Waals surface area contributed by atoms with Gasteiger partial charge in [0.05, 0.1) is 5.57 Å². The summed E-state index contributed by atoms with van der Waals surface area (Å²) in [6, 6.07) is 8.10. The van der Waals surface area contributed by atoms with Crippen LogP contribution in [-0.4, -0.2) is 28.9 Å². The van der Waals surface area contributed by atoms with E-state index in [4.69, 9.17) is 4.74 Å². The Balaban J connectivity index is 2.66. The average Bonchev–Trinajstić information content (AvgIpc) is 2.42.